The lowest BCUT2D eigenvalue weighted by molar-refractivity contribution is -0.154. The number of aromatic amines is 1. The molecule has 0 unspecified atom stereocenters. The summed E-state index contributed by atoms with van der Waals surface area (Å²) in [6.07, 6.45) is 2.48. The van der Waals surface area contributed by atoms with Crippen molar-refractivity contribution >= 4 is 0 Å². The van der Waals surface area contributed by atoms with Crippen molar-refractivity contribution in [2.75, 3.05) is 6.61 Å². The van der Waals surface area contributed by atoms with Crippen molar-refractivity contribution in [3.63, 3.8) is 0 Å². The summed E-state index contributed by atoms with van der Waals surface area (Å²) in [5.41, 5.74) is 1.60. The molecule has 0 atom stereocenters. The molecule has 3 rings (SSSR count). The number of hydrogen-bond donors (Lipinski definition) is 3. The number of aromatic nitrogens is 3. The molecule has 142 valence electrons. The molecular formula is C20H23N3O4. The maximum absolute atomic E-state index is 9.36. The van der Waals surface area contributed by atoms with Gasteiger partial charge < -0.3 is 19.7 Å². The molecule has 0 aliphatic heterocycles. The van der Waals surface area contributed by atoms with E-state index in [1.165, 1.54) is 0 Å². The highest BCUT2D eigenvalue weighted by atomic mass is 16.6. The van der Waals surface area contributed by atoms with E-state index in [1.54, 1.807) is 32.3 Å². The van der Waals surface area contributed by atoms with E-state index in [4.69, 9.17) is 9.47 Å². The highest BCUT2D eigenvalue weighted by molar-refractivity contribution is 5.53. The molecule has 0 aliphatic carbocycles. The minimum atomic E-state index is -1.57. The van der Waals surface area contributed by atoms with Gasteiger partial charge in [0, 0.05) is 12.6 Å². The van der Waals surface area contributed by atoms with Crippen molar-refractivity contribution < 1.29 is 19.7 Å². The van der Waals surface area contributed by atoms with Gasteiger partial charge in [0.1, 0.15) is 11.5 Å². The number of rotatable bonds is 8. The zero-order valence-electron chi connectivity index (χ0n) is 15.3. The molecule has 0 amide bonds. The summed E-state index contributed by atoms with van der Waals surface area (Å²) < 4.78 is 11.4. The molecular weight excluding hydrogens is 346 g/mol. The number of pyridine rings is 1. The molecule has 7 heteroatoms. The summed E-state index contributed by atoms with van der Waals surface area (Å²) in [7, 11) is 0. The molecule has 0 radical (unpaired) electrons. The van der Waals surface area contributed by atoms with E-state index in [1.807, 2.05) is 36.4 Å². The van der Waals surface area contributed by atoms with Crippen LogP contribution in [0, 0.1) is 0 Å². The van der Waals surface area contributed by atoms with Gasteiger partial charge in [-0.25, -0.2) is 0 Å². The number of aliphatic hydroxyl groups is 2. The summed E-state index contributed by atoms with van der Waals surface area (Å²) >= 11 is 0. The van der Waals surface area contributed by atoms with Crippen molar-refractivity contribution in [1.82, 2.24) is 15.2 Å². The number of hydrogen-bond acceptors (Lipinski definition) is 6. The second-order valence-electron chi connectivity index (χ2n) is 6.67. The van der Waals surface area contributed by atoms with E-state index in [0.717, 1.165) is 17.0 Å². The third kappa shape index (κ3) is 5.06. The molecule has 0 saturated carbocycles. The largest absolute Gasteiger partial charge is 0.492 e. The van der Waals surface area contributed by atoms with Crippen LogP contribution in [0.15, 0.2) is 54.9 Å². The van der Waals surface area contributed by atoms with Gasteiger partial charge in [-0.1, -0.05) is 12.1 Å². The molecule has 3 N–H and O–H groups in total. The van der Waals surface area contributed by atoms with Crippen LogP contribution in [0.25, 0.3) is 11.4 Å². The second-order valence-corrected chi connectivity index (χ2v) is 6.67. The lowest BCUT2D eigenvalue weighted by Gasteiger charge is -2.28. The Morgan fingerprint density at radius 3 is 2.63 bits per heavy atom. The molecule has 0 saturated heterocycles. The van der Waals surface area contributed by atoms with Gasteiger partial charge in [0.05, 0.1) is 24.2 Å². The Kier molecular flexibility index (Phi) is 5.73. The smallest absolute Gasteiger partial charge is 0.192 e. The predicted octanol–water partition coefficient (Wildman–Crippen LogP) is 2.56. The first-order valence-corrected chi connectivity index (χ1v) is 8.67. The Hall–Kier alpha value is -2.90. The van der Waals surface area contributed by atoms with Gasteiger partial charge in [-0.3, -0.25) is 10.1 Å². The van der Waals surface area contributed by atoms with E-state index in [9.17, 15) is 10.2 Å². The number of nitrogens with one attached hydrogen (secondary N) is 1. The molecule has 0 spiro atoms. The topological polar surface area (TPSA) is 100 Å². The van der Waals surface area contributed by atoms with E-state index >= 15 is 0 Å². The first kappa shape index (κ1) is 18.9. The quantitative estimate of drug-likeness (QED) is 0.528. The molecule has 0 fully saturated rings. The molecule has 27 heavy (non-hydrogen) atoms. The predicted molar refractivity (Wildman–Crippen MR) is 100 cm³/mol. The van der Waals surface area contributed by atoms with Crippen LogP contribution in [0.4, 0.5) is 0 Å². The number of H-pyrrole nitrogens is 1. The van der Waals surface area contributed by atoms with Gasteiger partial charge >= 0.3 is 0 Å². The van der Waals surface area contributed by atoms with Crippen molar-refractivity contribution in [2.45, 2.75) is 32.2 Å². The van der Waals surface area contributed by atoms with Gasteiger partial charge in [-0.15, -0.1) is 0 Å². The Labute approximate surface area is 157 Å². The van der Waals surface area contributed by atoms with E-state index in [0.29, 0.717) is 24.5 Å². The van der Waals surface area contributed by atoms with E-state index in [-0.39, 0.29) is 0 Å². The summed E-state index contributed by atoms with van der Waals surface area (Å²) in [5, 5.41) is 25.5. The SMILES string of the molecule is CC(C)(Oc1cccc(CCOc2ccc(-c3ccn[nH]3)nc2)c1)C(O)O. The van der Waals surface area contributed by atoms with Crippen LogP contribution in [-0.2, 0) is 6.42 Å². The van der Waals surface area contributed by atoms with Crippen molar-refractivity contribution in [3.05, 3.63) is 60.4 Å². The van der Waals surface area contributed by atoms with Crippen molar-refractivity contribution in [2.24, 2.45) is 0 Å². The van der Waals surface area contributed by atoms with Gasteiger partial charge in [0.25, 0.3) is 0 Å². The lowest BCUT2D eigenvalue weighted by Crippen LogP contribution is -2.41. The van der Waals surface area contributed by atoms with Crippen LogP contribution < -0.4 is 9.47 Å². The van der Waals surface area contributed by atoms with Crippen LogP contribution in [0.3, 0.4) is 0 Å². The van der Waals surface area contributed by atoms with Gasteiger partial charge in [-0.2, -0.15) is 5.10 Å². The summed E-state index contributed by atoms with van der Waals surface area (Å²) in [4.78, 5) is 4.35. The number of ether oxygens (including phenoxy) is 2. The minimum Gasteiger partial charge on any atom is -0.492 e. The van der Waals surface area contributed by atoms with E-state index in [2.05, 4.69) is 15.2 Å². The maximum Gasteiger partial charge on any atom is 0.192 e. The monoisotopic (exact) mass is 369 g/mol. The average Bonchev–Trinajstić information content (AvgIpc) is 3.17. The van der Waals surface area contributed by atoms with Crippen LogP contribution in [0.1, 0.15) is 19.4 Å². The Bertz CT molecular complexity index is 846. The van der Waals surface area contributed by atoms with E-state index < -0.39 is 11.9 Å². The van der Waals surface area contributed by atoms with Crippen LogP contribution >= 0.6 is 0 Å². The second kappa shape index (κ2) is 8.20. The fourth-order valence-electron chi connectivity index (χ4n) is 2.43. The first-order chi connectivity index (χ1) is 12.9. The highest BCUT2D eigenvalue weighted by Gasteiger charge is 2.28. The van der Waals surface area contributed by atoms with Gasteiger partial charge in [0.15, 0.2) is 11.9 Å². The molecule has 2 aromatic heterocycles. The zero-order valence-corrected chi connectivity index (χ0v) is 15.3. The summed E-state index contributed by atoms with van der Waals surface area (Å²) in [5.74, 6) is 1.27. The third-order valence-electron chi connectivity index (χ3n) is 4.07. The van der Waals surface area contributed by atoms with Crippen LogP contribution in [0.2, 0.25) is 0 Å². The molecule has 3 aromatic rings. The zero-order chi connectivity index (χ0) is 19.3. The molecule has 2 heterocycles. The van der Waals surface area contributed by atoms with Crippen LogP contribution in [0.5, 0.6) is 11.5 Å². The average molecular weight is 369 g/mol. The van der Waals surface area contributed by atoms with Gasteiger partial charge in [0.2, 0.25) is 0 Å². The Morgan fingerprint density at radius 1 is 1.11 bits per heavy atom. The minimum absolute atomic E-state index is 0.487. The molecule has 1 aromatic carbocycles. The third-order valence-corrected chi connectivity index (χ3v) is 4.07. The normalized spacial score (nSPS) is 11.6. The van der Waals surface area contributed by atoms with Gasteiger partial charge in [-0.05, 0) is 49.7 Å². The summed E-state index contributed by atoms with van der Waals surface area (Å²) in [6.45, 7) is 3.72. The van der Waals surface area contributed by atoms with Crippen molar-refractivity contribution in [3.8, 4) is 22.9 Å². The number of benzene rings is 1. The summed E-state index contributed by atoms with van der Waals surface area (Å²) in [6, 6.07) is 13.1. The highest BCUT2D eigenvalue weighted by Crippen LogP contribution is 2.22. The Balaban J connectivity index is 1.54. The Morgan fingerprint density at radius 2 is 1.96 bits per heavy atom. The molecule has 0 aliphatic rings. The lowest BCUT2D eigenvalue weighted by atomic mass is 10.1. The first-order valence-electron chi connectivity index (χ1n) is 8.67. The standard InChI is InChI=1S/C20H23N3O4/c1-20(2,19(24)25)27-15-5-3-4-14(12-15)9-11-26-16-6-7-17(21-13-16)18-8-10-22-23-18/h3-8,10,12-13,19,24-25H,9,11H2,1-2H3,(H,22,23). The molecule has 0 bridgehead atoms. The van der Waals surface area contributed by atoms with Crippen LogP contribution in [-0.4, -0.2) is 43.9 Å². The number of nitrogens with zero attached hydrogens (tertiary/aromatic N) is 2. The molecule has 7 nitrogen and oxygen atoms in total. The maximum atomic E-state index is 9.36. The van der Waals surface area contributed by atoms with Crippen molar-refractivity contribution in [1.29, 1.82) is 0 Å². The fourth-order valence-corrected chi connectivity index (χ4v) is 2.43. The number of aliphatic hydroxyl groups excluding tert-OH is 1. The fraction of sp³-hybridized carbons (Fsp3) is 0.300.